The van der Waals surface area contributed by atoms with Crippen molar-refractivity contribution in [2.45, 2.75) is 25.2 Å². The van der Waals surface area contributed by atoms with Crippen LogP contribution < -0.4 is 0 Å². The highest BCUT2D eigenvalue weighted by molar-refractivity contribution is 5.80. The van der Waals surface area contributed by atoms with Gasteiger partial charge in [0, 0.05) is 40.2 Å². The largest absolute Gasteiger partial charge is 0.324 e. The van der Waals surface area contributed by atoms with Crippen molar-refractivity contribution in [2.24, 2.45) is 5.92 Å². The predicted octanol–water partition coefficient (Wildman–Crippen LogP) is 2.39. The molecular formula is C19H26N4O2. The van der Waals surface area contributed by atoms with Gasteiger partial charge >= 0.3 is 12.1 Å². The smallest absolute Gasteiger partial charge is 0.321 e. The van der Waals surface area contributed by atoms with E-state index in [9.17, 15) is 9.59 Å². The van der Waals surface area contributed by atoms with Gasteiger partial charge in [-0.15, -0.1) is 0 Å². The van der Waals surface area contributed by atoms with E-state index in [1.54, 1.807) is 33.7 Å². The second-order valence-electron chi connectivity index (χ2n) is 7.00. The standard InChI is InChI=1S/C19H26N4O2/c1-13-16-15(12-11-14-9-7-6-8-10-14)21(3)19(25)23(5)17(16)22(4)18(24)20(13)2/h6-13,15-17H,1-5H3/b12-11+/t13-,15-,16+,17-/m1/s1. The molecule has 134 valence electrons. The average molecular weight is 342 g/mol. The highest BCUT2D eigenvalue weighted by Crippen LogP contribution is 2.36. The Hall–Kier alpha value is -2.50. The van der Waals surface area contributed by atoms with Crippen molar-refractivity contribution in [2.75, 3.05) is 28.2 Å². The highest BCUT2D eigenvalue weighted by Gasteiger charge is 2.52. The van der Waals surface area contributed by atoms with Gasteiger partial charge in [-0.3, -0.25) is 0 Å². The van der Waals surface area contributed by atoms with Crippen molar-refractivity contribution >= 4 is 18.1 Å². The molecule has 4 amide bonds. The lowest BCUT2D eigenvalue weighted by Crippen LogP contribution is -2.73. The fourth-order valence-corrected chi connectivity index (χ4v) is 4.06. The van der Waals surface area contributed by atoms with Gasteiger partial charge in [0.1, 0.15) is 6.17 Å². The maximum Gasteiger partial charge on any atom is 0.321 e. The van der Waals surface area contributed by atoms with Crippen molar-refractivity contribution < 1.29 is 9.59 Å². The summed E-state index contributed by atoms with van der Waals surface area (Å²) in [5, 5.41) is 0. The average Bonchev–Trinajstić information content (AvgIpc) is 2.62. The summed E-state index contributed by atoms with van der Waals surface area (Å²) in [6, 6.07) is 9.87. The van der Waals surface area contributed by atoms with Gasteiger partial charge in [0.15, 0.2) is 0 Å². The molecule has 6 nitrogen and oxygen atoms in total. The molecule has 2 aliphatic heterocycles. The molecule has 0 bridgehead atoms. The number of rotatable bonds is 2. The maximum atomic E-state index is 12.7. The molecule has 0 aromatic heterocycles. The Morgan fingerprint density at radius 3 is 2.00 bits per heavy atom. The van der Waals surface area contributed by atoms with Crippen LogP contribution in [0.25, 0.3) is 6.08 Å². The minimum Gasteiger partial charge on any atom is -0.324 e. The van der Waals surface area contributed by atoms with Crippen LogP contribution in [0.4, 0.5) is 9.59 Å². The van der Waals surface area contributed by atoms with E-state index < -0.39 is 0 Å². The molecule has 2 heterocycles. The Bertz CT molecular complexity index is 686. The van der Waals surface area contributed by atoms with Crippen LogP contribution in [0.2, 0.25) is 0 Å². The molecule has 0 radical (unpaired) electrons. The predicted molar refractivity (Wildman–Crippen MR) is 97.8 cm³/mol. The fourth-order valence-electron chi connectivity index (χ4n) is 4.06. The van der Waals surface area contributed by atoms with Crippen LogP contribution in [0.5, 0.6) is 0 Å². The van der Waals surface area contributed by atoms with Crippen LogP contribution in [0, 0.1) is 5.92 Å². The lowest BCUT2D eigenvalue weighted by atomic mass is 9.82. The Labute approximate surface area is 149 Å². The lowest BCUT2D eigenvalue weighted by molar-refractivity contribution is -0.0534. The Balaban J connectivity index is 1.99. The summed E-state index contributed by atoms with van der Waals surface area (Å²) >= 11 is 0. The zero-order valence-electron chi connectivity index (χ0n) is 15.5. The molecule has 0 unspecified atom stereocenters. The SMILES string of the molecule is C[C@@H]1[C@@H]2[C@H](N(C)C(=O)N1C)N(C)C(=O)N(C)[C@@H]2/C=C/c1ccccc1. The van der Waals surface area contributed by atoms with Crippen molar-refractivity contribution in [1.82, 2.24) is 19.6 Å². The first-order chi connectivity index (χ1) is 11.8. The van der Waals surface area contributed by atoms with Crippen LogP contribution in [-0.2, 0) is 0 Å². The number of carbonyl (C=O) groups excluding carboxylic acids is 2. The summed E-state index contributed by atoms with van der Waals surface area (Å²) in [7, 11) is 7.21. The van der Waals surface area contributed by atoms with E-state index in [4.69, 9.17) is 0 Å². The molecule has 25 heavy (non-hydrogen) atoms. The minimum absolute atomic E-state index is 0.0251. The molecule has 0 N–H and O–H groups in total. The molecule has 2 fully saturated rings. The molecule has 1 aromatic carbocycles. The van der Waals surface area contributed by atoms with E-state index in [-0.39, 0.29) is 36.2 Å². The quantitative estimate of drug-likeness (QED) is 0.828. The Morgan fingerprint density at radius 1 is 0.840 bits per heavy atom. The molecule has 6 heteroatoms. The van der Waals surface area contributed by atoms with E-state index >= 15 is 0 Å². The number of likely N-dealkylation sites (N-methyl/N-ethyl adjacent to an activating group) is 1. The lowest BCUT2D eigenvalue weighted by Gasteiger charge is -2.57. The van der Waals surface area contributed by atoms with Crippen molar-refractivity contribution in [3.63, 3.8) is 0 Å². The third kappa shape index (κ3) is 2.75. The van der Waals surface area contributed by atoms with Crippen molar-refractivity contribution in [1.29, 1.82) is 0 Å². The summed E-state index contributed by atoms with van der Waals surface area (Å²) in [5.41, 5.74) is 1.10. The number of benzene rings is 1. The van der Waals surface area contributed by atoms with E-state index in [0.29, 0.717) is 0 Å². The first kappa shape index (κ1) is 17.3. The van der Waals surface area contributed by atoms with E-state index in [1.165, 1.54) is 0 Å². The summed E-state index contributed by atoms with van der Waals surface area (Å²) in [6.45, 7) is 2.06. The summed E-state index contributed by atoms with van der Waals surface area (Å²) in [6.07, 6.45) is 3.90. The molecule has 3 rings (SSSR count). The van der Waals surface area contributed by atoms with Gasteiger partial charge in [-0.2, -0.15) is 0 Å². The molecule has 1 aromatic rings. The van der Waals surface area contributed by atoms with Gasteiger partial charge in [-0.1, -0.05) is 42.5 Å². The molecule has 2 saturated heterocycles. The molecule has 0 spiro atoms. The van der Waals surface area contributed by atoms with Gasteiger partial charge < -0.3 is 19.6 Å². The van der Waals surface area contributed by atoms with E-state index in [0.717, 1.165) is 5.56 Å². The van der Waals surface area contributed by atoms with Crippen LogP contribution in [0.1, 0.15) is 12.5 Å². The number of nitrogens with zero attached hydrogens (tertiary/aromatic N) is 4. The molecule has 2 aliphatic rings. The van der Waals surface area contributed by atoms with Gasteiger partial charge in [-0.25, -0.2) is 9.59 Å². The zero-order chi connectivity index (χ0) is 18.3. The highest BCUT2D eigenvalue weighted by atomic mass is 16.2. The third-order valence-corrected chi connectivity index (χ3v) is 5.64. The van der Waals surface area contributed by atoms with Crippen LogP contribution in [-0.4, -0.2) is 78.1 Å². The summed E-state index contributed by atoms with van der Waals surface area (Å²) in [5.74, 6) is 0.0976. The number of urea groups is 2. The second-order valence-corrected chi connectivity index (χ2v) is 7.00. The number of hydrogen-bond acceptors (Lipinski definition) is 2. The molecule has 4 atom stereocenters. The second kappa shape index (κ2) is 6.43. The van der Waals surface area contributed by atoms with Gasteiger partial charge in [-0.05, 0) is 12.5 Å². The molecular weight excluding hydrogens is 316 g/mol. The van der Waals surface area contributed by atoms with Crippen LogP contribution in [0.3, 0.4) is 0 Å². The van der Waals surface area contributed by atoms with E-state index in [1.807, 2.05) is 44.4 Å². The number of hydrogen-bond donors (Lipinski definition) is 0. The minimum atomic E-state index is -0.243. The number of amides is 4. The summed E-state index contributed by atoms with van der Waals surface area (Å²) in [4.78, 5) is 32.1. The Kier molecular flexibility index (Phi) is 4.45. The van der Waals surface area contributed by atoms with Crippen LogP contribution >= 0.6 is 0 Å². The van der Waals surface area contributed by atoms with Gasteiger partial charge in [0.25, 0.3) is 0 Å². The van der Waals surface area contributed by atoms with Crippen molar-refractivity contribution in [3.8, 4) is 0 Å². The summed E-state index contributed by atoms with van der Waals surface area (Å²) < 4.78 is 0. The van der Waals surface area contributed by atoms with Gasteiger partial charge in [0.2, 0.25) is 0 Å². The fraction of sp³-hybridized carbons (Fsp3) is 0.474. The first-order valence-electron chi connectivity index (χ1n) is 8.57. The molecule has 0 saturated carbocycles. The Morgan fingerprint density at radius 2 is 1.40 bits per heavy atom. The third-order valence-electron chi connectivity index (χ3n) is 5.64. The topological polar surface area (TPSA) is 47.1 Å². The number of carbonyl (C=O) groups is 2. The zero-order valence-corrected chi connectivity index (χ0v) is 15.5. The van der Waals surface area contributed by atoms with Gasteiger partial charge in [0.05, 0.1) is 6.04 Å². The van der Waals surface area contributed by atoms with E-state index in [2.05, 4.69) is 19.1 Å². The normalized spacial score (nSPS) is 30.3. The maximum absolute atomic E-state index is 12.7. The number of fused-ring (bicyclic) bond motifs is 1. The van der Waals surface area contributed by atoms with Crippen LogP contribution in [0.15, 0.2) is 36.4 Å². The first-order valence-corrected chi connectivity index (χ1v) is 8.57. The molecule has 0 aliphatic carbocycles. The van der Waals surface area contributed by atoms with Crippen molar-refractivity contribution in [3.05, 3.63) is 42.0 Å². The monoisotopic (exact) mass is 342 g/mol.